The molecule has 4 nitrogen and oxygen atoms in total. The molecule has 1 N–H and O–H groups in total. The number of nitrogens with zero attached hydrogens (tertiary/aromatic N) is 2. The van der Waals surface area contributed by atoms with Crippen molar-refractivity contribution in [2.24, 2.45) is 11.8 Å². The third kappa shape index (κ3) is 4.14. The van der Waals surface area contributed by atoms with Gasteiger partial charge in [0.1, 0.15) is 0 Å². The molecular weight excluding hydrogens is 298 g/mol. The topological polar surface area (TPSA) is 56.1 Å². The second kappa shape index (κ2) is 7.51. The van der Waals surface area contributed by atoms with E-state index in [1.165, 1.54) is 0 Å². The maximum atomic E-state index is 12.5. The Morgan fingerprint density at radius 1 is 1.32 bits per heavy atom. The zero-order chi connectivity index (χ0) is 16.1. The van der Waals surface area contributed by atoms with Crippen LogP contribution < -0.4 is 5.32 Å². The first kappa shape index (κ1) is 16.6. The standard InChI is InChI=1S/C17H22ClN3O/c1-12(2)16(14-3-5-15(18)6-4-14)20-17(22)21-9-7-13(11-19)8-10-21/h3-6,12-13,16H,7-10H2,1-2H3,(H,20,22)/t16-/m1/s1. The van der Waals surface area contributed by atoms with Gasteiger partial charge < -0.3 is 10.2 Å². The molecule has 0 spiro atoms. The van der Waals surface area contributed by atoms with Crippen molar-refractivity contribution >= 4 is 17.6 Å². The Labute approximate surface area is 137 Å². The fourth-order valence-electron chi connectivity index (χ4n) is 2.74. The summed E-state index contributed by atoms with van der Waals surface area (Å²) in [5, 5.41) is 12.7. The second-order valence-electron chi connectivity index (χ2n) is 6.11. The minimum absolute atomic E-state index is 0.0431. The van der Waals surface area contributed by atoms with Crippen LogP contribution in [0.5, 0.6) is 0 Å². The number of likely N-dealkylation sites (tertiary alicyclic amines) is 1. The molecule has 1 aromatic carbocycles. The van der Waals surface area contributed by atoms with Crippen LogP contribution in [0.2, 0.25) is 5.02 Å². The number of nitrogens with one attached hydrogen (secondary N) is 1. The quantitative estimate of drug-likeness (QED) is 0.916. The highest BCUT2D eigenvalue weighted by Gasteiger charge is 2.25. The molecule has 22 heavy (non-hydrogen) atoms. The Hall–Kier alpha value is -1.73. The van der Waals surface area contributed by atoms with E-state index in [0.717, 1.165) is 18.4 Å². The van der Waals surface area contributed by atoms with Crippen LogP contribution in [-0.2, 0) is 0 Å². The first-order valence-corrected chi connectivity index (χ1v) is 8.09. The van der Waals surface area contributed by atoms with Crippen molar-refractivity contribution in [2.45, 2.75) is 32.7 Å². The highest BCUT2D eigenvalue weighted by Crippen LogP contribution is 2.24. The van der Waals surface area contributed by atoms with Crippen molar-refractivity contribution in [2.75, 3.05) is 13.1 Å². The molecule has 2 rings (SSSR count). The Morgan fingerprint density at radius 3 is 2.41 bits per heavy atom. The monoisotopic (exact) mass is 319 g/mol. The third-order valence-electron chi connectivity index (χ3n) is 4.14. The van der Waals surface area contributed by atoms with Gasteiger partial charge in [0.25, 0.3) is 0 Å². The Morgan fingerprint density at radius 2 is 1.91 bits per heavy atom. The Balaban J connectivity index is 2.01. The lowest BCUT2D eigenvalue weighted by atomic mass is 9.96. The number of hydrogen-bond donors (Lipinski definition) is 1. The van der Waals surface area contributed by atoms with Gasteiger partial charge in [-0.3, -0.25) is 0 Å². The number of carbonyl (C=O) groups is 1. The van der Waals surface area contributed by atoms with Crippen molar-refractivity contribution < 1.29 is 4.79 Å². The van der Waals surface area contributed by atoms with Crippen LogP contribution in [-0.4, -0.2) is 24.0 Å². The summed E-state index contributed by atoms with van der Waals surface area (Å²) in [5.74, 6) is 0.364. The van der Waals surface area contributed by atoms with Gasteiger partial charge in [-0.25, -0.2) is 4.79 Å². The van der Waals surface area contributed by atoms with Gasteiger partial charge in [0.05, 0.1) is 12.1 Å². The summed E-state index contributed by atoms with van der Waals surface area (Å²) in [6.07, 6.45) is 1.52. The zero-order valence-electron chi connectivity index (χ0n) is 13.1. The van der Waals surface area contributed by atoms with Crippen LogP contribution in [0, 0.1) is 23.2 Å². The van der Waals surface area contributed by atoms with Crippen molar-refractivity contribution in [1.29, 1.82) is 5.26 Å². The number of nitriles is 1. The van der Waals surface area contributed by atoms with Gasteiger partial charge in [0.2, 0.25) is 0 Å². The highest BCUT2D eigenvalue weighted by molar-refractivity contribution is 6.30. The molecule has 1 aliphatic rings. The molecule has 1 aliphatic heterocycles. The Bertz CT molecular complexity index is 542. The Kier molecular flexibility index (Phi) is 5.68. The van der Waals surface area contributed by atoms with Gasteiger partial charge in [0, 0.05) is 24.0 Å². The lowest BCUT2D eigenvalue weighted by Crippen LogP contribution is -2.46. The predicted molar refractivity (Wildman–Crippen MR) is 87.5 cm³/mol. The molecular formula is C17H22ClN3O. The number of piperidine rings is 1. The summed E-state index contributed by atoms with van der Waals surface area (Å²) in [6, 6.07) is 9.78. The first-order valence-electron chi connectivity index (χ1n) is 7.71. The summed E-state index contributed by atoms with van der Waals surface area (Å²) in [6.45, 7) is 5.47. The number of hydrogen-bond acceptors (Lipinski definition) is 2. The summed E-state index contributed by atoms with van der Waals surface area (Å²) in [7, 11) is 0. The van der Waals surface area contributed by atoms with E-state index in [-0.39, 0.29) is 23.9 Å². The molecule has 0 unspecified atom stereocenters. The summed E-state index contributed by atoms with van der Waals surface area (Å²) in [5.41, 5.74) is 1.06. The van der Waals surface area contributed by atoms with Gasteiger partial charge in [-0.1, -0.05) is 37.6 Å². The highest BCUT2D eigenvalue weighted by atomic mass is 35.5. The minimum atomic E-state index is -0.0509. The van der Waals surface area contributed by atoms with Gasteiger partial charge in [-0.2, -0.15) is 5.26 Å². The summed E-state index contributed by atoms with van der Waals surface area (Å²) >= 11 is 5.93. The fourth-order valence-corrected chi connectivity index (χ4v) is 2.87. The van der Waals surface area contributed by atoms with Gasteiger partial charge >= 0.3 is 6.03 Å². The molecule has 0 bridgehead atoms. The fraction of sp³-hybridized carbons (Fsp3) is 0.529. The van der Waals surface area contributed by atoms with E-state index in [1.807, 2.05) is 24.3 Å². The van der Waals surface area contributed by atoms with Crippen LogP contribution in [0.1, 0.15) is 38.3 Å². The van der Waals surface area contributed by atoms with E-state index in [2.05, 4.69) is 25.2 Å². The van der Waals surface area contributed by atoms with E-state index in [1.54, 1.807) is 4.90 Å². The zero-order valence-corrected chi connectivity index (χ0v) is 13.8. The van der Waals surface area contributed by atoms with Crippen molar-refractivity contribution in [3.05, 3.63) is 34.9 Å². The molecule has 2 amide bonds. The molecule has 1 fully saturated rings. The number of benzene rings is 1. The lowest BCUT2D eigenvalue weighted by molar-refractivity contribution is 0.172. The smallest absolute Gasteiger partial charge is 0.317 e. The maximum absolute atomic E-state index is 12.5. The van der Waals surface area contributed by atoms with Crippen molar-refractivity contribution in [3.8, 4) is 6.07 Å². The summed E-state index contributed by atoms with van der Waals surface area (Å²) < 4.78 is 0. The number of halogens is 1. The minimum Gasteiger partial charge on any atom is -0.331 e. The van der Waals surface area contributed by atoms with Crippen LogP contribution in [0.3, 0.4) is 0 Å². The van der Waals surface area contributed by atoms with Crippen LogP contribution in [0.25, 0.3) is 0 Å². The van der Waals surface area contributed by atoms with Crippen LogP contribution in [0.4, 0.5) is 4.79 Å². The number of urea groups is 1. The van der Waals surface area contributed by atoms with Crippen molar-refractivity contribution in [3.63, 3.8) is 0 Å². The first-order chi connectivity index (χ1) is 10.5. The van der Waals surface area contributed by atoms with Gasteiger partial charge in [-0.15, -0.1) is 0 Å². The molecule has 0 saturated carbocycles. The molecule has 1 atom stereocenters. The molecule has 1 aromatic rings. The molecule has 118 valence electrons. The lowest BCUT2D eigenvalue weighted by Gasteiger charge is -2.32. The van der Waals surface area contributed by atoms with Crippen LogP contribution in [0.15, 0.2) is 24.3 Å². The average molecular weight is 320 g/mol. The number of carbonyl (C=O) groups excluding carboxylic acids is 1. The van der Waals surface area contributed by atoms with Gasteiger partial charge in [0.15, 0.2) is 0 Å². The molecule has 1 heterocycles. The molecule has 1 saturated heterocycles. The molecule has 5 heteroatoms. The molecule has 0 radical (unpaired) electrons. The van der Waals surface area contributed by atoms with E-state index >= 15 is 0 Å². The normalized spacial score (nSPS) is 17.1. The predicted octanol–water partition coefficient (Wildman–Crippen LogP) is 3.98. The van der Waals surface area contributed by atoms with E-state index in [4.69, 9.17) is 16.9 Å². The molecule has 0 aromatic heterocycles. The van der Waals surface area contributed by atoms with Gasteiger partial charge in [-0.05, 0) is 36.5 Å². The second-order valence-corrected chi connectivity index (χ2v) is 6.55. The van der Waals surface area contributed by atoms with Crippen LogP contribution >= 0.6 is 11.6 Å². The average Bonchev–Trinajstić information content (AvgIpc) is 2.53. The third-order valence-corrected chi connectivity index (χ3v) is 4.39. The summed E-state index contributed by atoms with van der Waals surface area (Å²) in [4.78, 5) is 14.3. The van der Waals surface area contributed by atoms with E-state index in [0.29, 0.717) is 18.1 Å². The maximum Gasteiger partial charge on any atom is 0.317 e. The number of rotatable bonds is 3. The number of amides is 2. The van der Waals surface area contributed by atoms with Crippen molar-refractivity contribution in [1.82, 2.24) is 10.2 Å². The van der Waals surface area contributed by atoms with E-state index < -0.39 is 0 Å². The largest absolute Gasteiger partial charge is 0.331 e. The SMILES string of the molecule is CC(C)[C@@H](NC(=O)N1CCC(C#N)CC1)c1ccc(Cl)cc1. The molecule has 0 aliphatic carbocycles. The van der Waals surface area contributed by atoms with E-state index in [9.17, 15) is 4.79 Å².